The van der Waals surface area contributed by atoms with Gasteiger partial charge in [0.1, 0.15) is 16.6 Å². The van der Waals surface area contributed by atoms with Gasteiger partial charge >= 0.3 is 0 Å². The Morgan fingerprint density at radius 1 is 1.29 bits per heavy atom. The van der Waals surface area contributed by atoms with Crippen LogP contribution in [-0.4, -0.2) is 29.6 Å². The molecule has 4 nitrogen and oxygen atoms in total. The van der Waals surface area contributed by atoms with Crippen molar-refractivity contribution in [3.8, 4) is 10.6 Å². The number of carbonyl (C=O) groups excluding carboxylic acids is 2. The van der Waals surface area contributed by atoms with Crippen molar-refractivity contribution in [3.05, 3.63) is 39.9 Å². The highest BCUT2D eigenvalue weighted by molar-refractivity contribution is 7.13. The van der Waals surface area contributed by atoms with Crippen LogP contribution in [0.25, 0.3) is 10.6 Å². The van der Waals surface area contributed by atoms with Crippen LogP contribution in [0, 0.1) is 5.41 Å². The Kier molecular flexibility index (Phi) is 6.69. The van der Waals surface area contributed by atoms with Crippen LogP contribution in [0.15, 0.2) is 23.6 Å². The lowest BCUT2D eigenvalue weighted by Crippen LogP contribution is -2.26. The molecule has 0 spiro atoms. The summed E-state index contributed by atoms with van der Waals surface area (Å²) >= 11 is 7.84. The minimum absolute atomic E-state index is 0.0348. The molecule has 1 fully saturated rings. The standard InChI is InChI=1S/C22H27ClN2O2S/c1-14(26)22(2,3)12-18(27)11-17-13-28-21(25-17)19-5-4-16(23)10-20(19)15-6-8-24-9-7-15/h4-5,10,13,15,24H,6-9,11-12H2,1-3H3. The molecule has 3 rings (SSSR count). The molecule has 0 atom stereocenters. The van der Waals surface area contributed by atoms with E-state index < -0.39 is 5.41 Å². The number of benzene rings is 1. The summed E-state index contributed by atoms with van der Waals surface area (Å²) in [5.74, 6) is 0.555. The van der Waals surface area contributed by atoms with Crippen molar-refractivity contribution in [1.82, 2.24) is 10.3 Å². The van der Waals surface area contributed by atoms with Crippen molar-refractivity contribution in [1.29, 1.82) is 0 Å². The maximum Gasteiger partial charge on any atom is 0.139 e. The first-order valence-electron chi connectivity index (χ1n) is 9.74. The number of hydrogen-bond acceptors (Lipinski definition) is 5. The van der Waals surface area contributed by atoms with Crippen molar-refractivity contribution < 1.29 is 9.59 Å². The second-order valence-corrected chi connectivity index (χ2v) is 9.53. The zero-order valence-corrected chi connectivity index (χ0v) is 18.3. The van der Waals surface area contributed by atoms with E-state index in [2.05, 4.69) is 11.4 Å². The maximum atomic E-state index is 12.4. The Morgan fingerprint density at radius 3 is 2.68 bits per heavy atom. The van der Waals surface area contributed by atoms with Gasteiger partial charge in [0.2, 0.25) is 0 Å². The van der Waals surface area contributed by atoms with E-state index in [0.29, 0.717) is 5.92 Å². The molecule has 1 saturated heterocycles. The van der Waals surface area contributed by atoms with Crippen LogP contribution in [-0.2, 0) is 16.0 Å². The van der Waals surface area contributed by atoms with E-state index in [1.165, 1.54) is 12.5 Å². The average molecular weight is 419 g/mol. The number of hydrogen-bond donors (Lipinski definition) is 1. The van der Waals surface area contributed by atoms with Crippen LogP contribution in [0.4, 0.5) is 0 Å². The zero-order valence-electron chi connectivity index (χ0n) is 16.7. The fraction of sp³-hybridized carbons (Fsp3) is 0.500. The van der Waals surface area contributed by atoms with E-state index >= 15 is 0 Å². The van der Waals surface area contributed by atoms with E-state index in [0.717, 1.165) is 47.2 Å². The van der Waals surface area contributed by atoms with Gasteiger partial charge < -0.3 is 5.32 Å². The van der Waals surface area contributed by atoms with E-state index in [1.54, 1.807) is 11.3 Å². The molecule has 1 aliphatic rings. The molecular weight excluding hydrogens is 392 g/mol. The number of piperidine rings is 1. The van der Waals surface area contributed by atoms with Crippen molar-refractivity contribution in [2.24, 2.45) is 5.41 Å². The van der Waals surface area contributed by atoms with Crippen LogP contribution in [0.5, 0.6) is 0 Å². The SMILES string of the molecule is CC(=O)C(C)(C)CC(=O)Cc1csc(-c2ccc(Cl)cc2C2CCNCC2)n1. The van der Waals surface area contributed by atoms with E-state index in [-0.39, 0.29) is 24.4 Å². The lowest BCUT2D eigenvalue weighted by molar-refractivity contribution is -0.130. The van der Waals surface area contributed by atoms with Gasteiger partial charge in [-0.1, -0.05) is 31.5 Å². The summed E-state index contributed by atoms with van der Waals surface area (Å²) in [7, 11) is 0. The molecule has 0 unspecified atom stereocenters. The van der Waals surface area contributed by atoms with Gasteiger partial charge in [-0.3, -0.25) is 9.59 Å². The minimum Gasteiger partial charge on any atom is -0.317 e. The van der Waals surface area contributed by atoms with Crippen molar-refractivity contribution in [3.63, 3.8) is 0 Å². The molecule has 150 valence electrons. The fourth-order valence-electron chi connectivity index (χ4n) is 3.59. The lowest BCUT2D eigenvalue weighted by Gasteiger charge is -2.25. The third-order valence-corrected chi connectivity index (χ3v) is 6.70. The van der Waals surface area contributed by atoms with Gasteiger partial charge in [0, 0.05) is 34.2 Å². The molecular formula is C22H27ClN2O2S. The first-order chi connectivity index (χ1) is 13.3. The molecule has 0 amide bonds. The van der Waals surface area contributed by atoms with Crippen LogP contribution < -0.4 is 5.32 Å². The summed E-state index contributed by atoms with van der Waals surface area (Å²) in [5.41, 5.74) is 2.52. The number of carbonyl (C=O) groups is 2. The smallest absolute Gasteiger partial charge is 0.139 e. The first kappa shape index (κ1) is 21.2. The summed E-state index contributed by atoms with van der Waals surface area (Å²) in [6, 6.07) is 6.01. The predicted molar refractivity (Wildman–Crippen MR) is 115 cm³/mol. The Bertz CT molecular complexity index is 869. The van der Waals surface area contributed by atoms with Crippen molar-refractivity contribution >= 4 is 34.5 Å². The monoisotopic (exact) mass is 418 g/mol. The molecule has 2 heterocycles. The van der Waals surface area contributed by atoms with E-state index in [4.69, 9.17) is 16.6 Å². The summed E-state index contributed by atoms with van der Waals surface area (Å²) in [5, 5.41) is 7.03. The normalized spacial score (nSPS) is 15.6. The quantitative estimate of drug-likeness (QED) is 0.683. The summed E-state index contributed by atoms with van der Waals surface area (Å²) in [6.07, 6.45) is 2.69. The molecule has 0 aliphatic carbocycles. The van der Waals surface area contributed by atoms with Gasteiger partial charge in [-0.2, -0.15) is 0 Å². The Labute approximate surface area is 175 Å². The number of ketones is 2. The molecule has 6 heteroatoms. The van der Waals surface area contributed by atoms with Gasteiger partial charge in [-0.15, -0.1) is 11.3 Å². The van der Waals surface area contributed by atoms with E-state index in [9.17, 15) is 9.59 Å². The summed E-state index contributed by atoms with van der Waals surface area (Å²) in [6.45, 7) is 7.20. The lowest BCUT2D eigenvalue weighted by atomic mass is 9.83. The number of thiazole rings is 1. The number of Topliss-reactive ketones (excluding diaryl/α,β-unsaturated/α-hetero) is 2. The third-order valence-electron chi connectivity index (χ3n) is 5.55. The van der Waals surface area contributed by atoms with Crippen LogP contribution in [0.1, 0.15) is 57.2 Å². The molecule has 1 aromatic heterocycles. The molecule has 28 heavy (non-hydrogen) atoms. The third kappa shape index (κ3) is 5.07. The number of aromatic nitrogens is 1. The first-order valence-corrected chi connectivity index (χ1v) is 11.0. The van der Waals surface area contributed by atoms with Crippen LogP contribution >= 0.6 is 22.9 Å². The van der Waals surface area contributed by atoms with Gasteiger partial charge in [0.25, 0.3) is 0 Å². The number of halogens is 1. The molecule has 1 aliphatic heterocycles. The number of nitrogens with zero attached hydrogens (tertiary/aromatic N) is 1. The van der Waals surface area contributed by atoms with Gasteiger partial charge in [0.05, 0.1) is 5.69 Å². The maximum absolute atomic E-state index is 12.4. The molecule has 0 radical (unpaired) electrons. The molecule has 1 N–H and O–H groups in total. The highest BCUT2D eigenvalue weighted by Crippen LogP contribution is 2.37. The van der Waals surface area contributed by atoms with Crippen LogP contribution in [0.2, 0.25) is 5.02 Å². The van der Waals surface area contributed by atoms with Gasteiger partial charge in [-0.05, 0) is 56.5 Å². The molecule has 0 saturated carbocycles. The average Bonchev–Trinajstić information content (AvgIpc) is 3.09. The molecule has 2 aromatic rings. The number of rotatable bonds is 7. The largest absolute Gasteiger partial charge is 0.317 e. The summed E-state index contributed by atoms with van der Waals surface area (Å²) < 4.78 is 0. The Hall–Kier alpha value is -1.56. The molecule has 1 aromatic carbocycles. The number of nitrogens with one attached hydrogen (secondary N) is 1. The second kappa shape index (κ2) is 8.85. The highest BCUT2D eigenvalue weighted by atomic mass is 35.5. The van der Waals surface area contributed by atoms with Crippen molar-refractivity contribution in [2.75, 3.05) is 13.1 Å². The fourth-order valence-corrected chi connectivity index (χ4v) is 4.64. The highest BCUT2D eigenvalue weighted by Gasteiger charge is 2.27. The van der Waals surface area contributed by atoms with Crippen molar-refractivity contribution in [2.45, 2.75) is 52.4 Å². The second-order valence-electron chi connectivity index (χ2n) is 8.23. The predicted octanol–water partition coefficient (Wildman–Crippen LogP) is 5.05. The Balaban J connectivity index is 1.78. The Morgan fingerprint density at radius 2 is 2.00 bits per heavy atom. The van der Waals surface area contributed by atoms with E-state index in [1.807, 2.05) is 31.4 Å². The zero-order chi connectivity index (χ0) is 20.3. The van der Waals surface area contributed by atoms with Crippen LogP contribution in [0.3, 0.4) is 0 Å². The van der Waals surface area contributed by atoms with Gasteiger partial charge in [0.15, 0.2) is 0 Å². The van der Waals surface area contributed by atoms with Gasteiger partial charge in [-0.25, -0.2) is 4.98 Å². The minimum atomic E-state index is -0.617. The summed E-state index contributed by atoms with van der Waals surface area (Å²) in [4.78, 5) is 28.8. The topological polar surface area (TPSA) is 59.1 Å². The molecule has 0 bridgehead atoms.